The van der Waals surface area contributed by atoms with Crippen molar-refractivity contribution >= 4 is 5.96 Å². The molecule has 1 aliphatic heterocycles. The molecule has 0 saturated carbocycles. The summed E-state index contributed by atoms with van der Waals surface area (Å²) in [7, 11) is 0. The van der Waals surface area contributed by atoms with Crippen LogP contribution in [-0.4, -0.2) is 33.3 Å². The Balaban J connectivity index is 1.66. The Morgan fingerprint density at radius 2 is 2.12 bits per heavy atom. The van der Waals surface area contributed by atoms with Crippen molar-refractivity contribution in [1.82, 2.24) is 25.4 Å². The largest absolute Gasteiger partial charge is 0.357 e. The van der Waals surface area contributed by atoms with Crippen LogP contribution >= 0.6 is 0 Å². The predicted octanol–water partition coefficient (Wildman–Crippen LogP) is 1.91. The monoisotopic (exact) mass is 326 g/mol. The molecule has 128 valence electrons. The normalized spacial score (nSPS) is 17.4. The molecule has 6 heteroatoms. The zero-order valence-electron chi connectivity index (χ0n) is 14.5. The van der Waals surface area contributed by atoms with Crippen molar-refractivity contribution < 1.29 is 0 Å². The highest BCUT2D eigenvalue weighted by Gasteiger charge is 2.20. The van der Waals surface area contributed by atoms with Crippen LogP contribution in [0.4, 0.5) is 0 Å². The lowest BCUT2D eigenvalue weighted by Gasteiger charge is -2.25. The highest BCUT2D eigenvalue weighted by Crippen LogP contribution is 2.12. The first kappa shape index (κ1) is 16.5. The van der Waals surface area contributed by atoms with Gasteiger partial charge in [0.2, 0.25) is 0 Å². The van der Waals surface area contributed by atoms with Crippen LogP contribution in [0.3, 0.4) is 0 Å². The van der Waals surface area contributed by atoms with E-state index in [4.69, 9.17) is 4.99 Å². The van der Waals surface area contributed by atoms with E-state index in [0.717, 1.165) is 44.1 Å². The van der Waals surface area contributed by atoms with Crippen LogP contribution in [0.25, 0.3) is 0 Å². The summed E-state index contributed by atoms with van der Waals surface area (Å²) in [6.07, 6.45) is 4.68. The molecule has 1 unspecified atom stereocenters. The number of hydrogen-bond donors (Lipinski definition) is 2. The maximum absolute atomic E-state index is 4.78. The third-order valence-electron chi connectivity index (χ3n) is 4.40. The van der Waals surface area contributed by atoms with E-state index in [-0.39, 0.29) is 0 Å². The standard InChI is InChI=1S/C18H26N6/c1-3-14-7-5-6-8-15(14)11-20-18(19-4-2)23-16-9-10-17-21-13-22-24(17)12-16/h5-8,13,16H,3-4,9-12H2,1-2H3,(H2,19,20,23). The topological polar surface area (TPSA) is 67.1 Å². The van der Waals surface area contributed by atoms with Crippen LogP contribution in [0.1, 0.15) is 37.2 Å². The van der Waals surface area contributed by atoms with Gasteiger partial charge in [-0.25, -0.2) is 14.7 Å². The number of rotatable bonds is 5. The molecule has 1 aromatic heterocycles. The lowest BCUT2D eigenvalue weighted by molar-refractivity contribution is 0.392. The molecule has 6 nitrogen and oxygen atoms in total. The van der Waals surface area contributed by atoms with Crippen LogP contribution in [-0.2, 0) is 25.9 Å². The Morgan fingerprint density at radius 3 is 2.92 bits per heavy atom. The Morgan fingerprint density at radius 1 is 1.29 bits per heavy atom. The number of nitrogens with one attached hydrogen (secondary N) is 2. The molecule has 2 N–H and O–H groups in total. The van der Waals surface area contributed by atoms with Crippen LogP contribution in [0.2, 0.25) is 0 Å². The number of guanidine groups is 1. The highest BCUT2D eigenvalue weighted by molar-refractivity contribution is 5.80. The molecule has 0 amide bonds. The maximum atomic E-state index is 4.78. The van der Waals surface area contributed by atoms with Crippen molar-refractivity contribution in [1.29, 1.82) is 0 Å². The smallest absolute Gasteiger partial charge is 0.191 e. The van der Waals surface area contributed by atoms with Gasteiger partial charge in [-0.3, -0.25) is 0 Å². The summed E-state index contributed by atoms with van der Waals surface area (Å²) in [6, 6.07) is 8.84. The maximum Gasteiger partial charge on any atom is 0.191 e. The van der Waals surface area contributed by atoms with Crippen molar-refractivity contribution in [2.45, 2.75) is 52.2 Å². The van der Waals surface area contributed by atoms with Gasteiger partial charge in [-0.2, -0.15) is 5.10 Å². The van der Waals surface area contributed by atoms with E-state index in [2.05, 4.69) is 58.8 Å². The summed E-state index contributed by atoms with van der Waals surface area (Å²) >= 11 is 0. The van der Waals surface area contributed by atoms with Gasteiger partial charge in [0.25, 0.3) is 0 Å². The van der Waals surface area contributed by atoms with E-state index < -0.39 is 0 Å². The van der Waals surface area contributed by atoms with Crippen molar-refractivity contribution in [2.24, 2.45) is 4.99 Å². The number of aliphatic imine (C=N–C) groups is 1. The fourth-order valence-electron chi connectivity index (χ4n) is 3.09. The zero-order chi connectivity index (χ0) is 16.8. The lowest BCUT2D eigenvalue weighted by Crippen LogP contribution is -2.47. The molecular weight excluding hydrogens is 300 g/mol. The summed E-state index contributed by atoms with van der Waals surface area (Å²) < 4.78 is 1.98. The predicted molar refractivity (Wildman–Crippen MR) is 95.9 cm³/mol. The molecule has 0 fully saturated rings. The molecule has 24 heavy (non-hydrogen) atoms. The van der Waals surface area contributed by atoms with Crippen LogP contribution in [0.15, 0.2) is 35.6 Å². The van der Waals surface area contributed by atoms with E-state index in [1.165, 1.54) is 11.1 Å². The molecule has 1 aromatic carbocycles. The number of benzene rings is 1. The van der Waals surface area contributed by atoms with Gasteiger partial charge in [-0.15, -0.1) is 0 Å². The van der Waals surface area contributed by atoms with Gasteiger partial charge in [0.05, 0.1) is 13.1 Å². The van der Waals surface area contributed by atoms with E-state index in [0.29, 0.717) is 12.6 Å². The minimum absolute atomic E-state index is 0.332. The third kappa shape index (κ3) is 3.93. The van der Waals surface area contributed by atoms with Crippen molar-refractivity contribution in [3.05, 3.63) is 47.5 Å². The average molecular weight is 326 g/mol. The summed E-state index contributed by atoms with van der Waals surface area (Å²) in [5.41, 5.74) is 2.65. The second kappa shape index (κ2) is 7.95. The Hall–Kier alpha value is -2.37. The number of nitrogens with zero attached hydrogens (tertiary/aromatic N) is 4. The van der Waals surface area contributed by atoms with E-state index in [9.17, 15) is 0 Å². The van der Waals surface area contributed by atoms with E-state index >= 15 is 0 Å². The first-order chi connectivity index (χ1) is 11.8. The van der Waals surface area contributed by atoms with Gasteiger partial charge in [0.15, 0.2) is 5.96 Å². The van der Waals surface area contributed by atoms with Crippen LogP contribution in [0, 0.1) is 0 Å². The SMILES string of the molecule is CCNC(=NCc1ccccc1CC)NC1CCc2ncnn2C1. The Bertz CT molecular complexity index is 690. The molecule has 0 radical (unpaired) electrons. The average Bonchev–Trinajstić information content (AvgIpc) is 3.08. The molecule has 2 aromatic rings. The number of fused-ring (bicyclic) bond motifs is 1. The van der Waals surface area contributed by atoms with Gasteiger partial charge >= 0.3 is 0 Å². The first-order valence-electron chi connectivity index (χ1n) is 8.78. The molecule has 0 aliphatic carbocycles. The lowest BCUT2D eigenvalue weighted by atomic mass is 10.1. The van der Waals surface area contributed by atoms with Gasteiger partial charge in [-0.05, 0) is 30.9 Å². The quantitative estimate of drug-likeness (QED) is 0.651. The molecule has 1 atom stereocenters. The van der Waals surface area contributed by atoms with Gasteiger partial charge in [0.1, 0.15) is 12.2 Å². The zero-order valence-corrected chi connectivity index (χ0v) is 14.5. The second-order valence-electron chi connectivity index (χ2n) is 6.06. The van der Waals surface area contributed by atoms with E-state index in [1.807, 2.05) is 4.68 Å². The number of aryl methyl sites for hydroxylation is 2. The number of aromatic nitrogens is 3. The molecule has 2 heterocycles. The van der Waals surface area contributed by atoms with Crippen molar-refractivity contribution in [3.63, 3.8) is 0 Å². The molecule has 0 saturated heterocycles. The molecular formula is C18H26N6. The molecule has 0 bridgehead atoms. The fourth-order valence-corrected chi connectivity index (χ4v) is 3.09. The summed E-state index contributed by atoms with van der Waals surface area (Å²) in [4.78, 5) is 9.06. The van der Waals surface area contributed by atoms with E-state index in [1.54, 1.807) is 6.33 Å². The Labute approximate surface area is 143 Å². The third-order valence-corrected chi connectivity index (χ3v) is 4.40. The summed E-state index contributed by atoms with van der Waals surface area (Å²) in [5.74, 6) is 1.95. The van der Waals surface area contributed by atoms with Crippen molar-refractivity contribution in [3.8, 4) is 0 Å². The number of hydrogen-bond acceptors (Lipinski definition) is 3. The second-order valence-corrected chi connectivity index (χ2v) is 6.06. The van der Waals surface area contributed by atoms with Crippen LogP contribution < -0.4 is 10.6 Å². The summed E-state index contributed by atoms with van der Waals surface area (Å²) in [5, 5.41) is 11.2. The van der Waals surface area contributed by atoms with Gasteiger partial charge < -0.3 is 10.6 Å². The first-order valence-corrected chi connectivity index (χ1v) is 8.78. The molecule has 3 rings (SSSR count). The van der Waals surface area contributed by atoms with Crippen molar-refractivity contribution in [2.75, 3.05) is 6.54 Å². The van der Waals surface area contributed by atoms with Gasteiger partial charge in [0, 0.05) is 19.0 Å². The highest BCUT2D eigenvalue weighted by atomic mass is 15.4. The Kier molecular flexibility index (Phi) is 5.46. The minimum atomic E-state index is 0.332. The van der Waals surface area contributed by atoms with Gasteiger partial charge in [-0.1, -0.05) is 31.2 Å². The minimum Gasteiger partial charge on any atom is -0.357 e. The molecule has 1 aliphatic rings. The summed E-state index contributed by atoms with van der Waals surface area (Å²) in [6.45, 7) is 6.66. The fraction of sp³-hybridized carbons (Fsp3) is 0.500. The van der Waals surface area contributed by atoms with Crippen LogP contribution in [0.5, 0.6) is 0 Å². The molecule has 0 spiro atoms.